The van der Waals surface area contributed by atoms with Crippen molar-refractivity contribution in [3.63, 3.8) is 0 Å². The van der Waals surface area contributed by atoms with E-state index in [0.29, 0.717) is 24.2 Å². The van der Waals surface area contributed by atoms with Gasteiger partial charge in [0.2, 0.25) is 0 Å². The zero-order chi connectivity index (χ0) is 16.0. The lowest BCUT2D eigenvalue weighted by Gasteiger charge is -2.23. The second kappa shape index (κ2) is 8.39. The Morgan fingerprint density at radius 1 is 1.43 bits per heavy atom. The molecule has 1 N–H and O–H groups in total. The van der Waals surface area contributed by atoms with Crippen LogP contribution >= 0.6 is 11.6 Å². The quantitative estimate of drug-likeness (QED) is 0.801. The van der Waals surface area contributed by atoms with Crippen LogP contribution in [0.3, 0.4) is 0 Å². The van der Waals surface area contributed by atoms with Crippen LogP contribution in [0.5, 0.6) is 0 Å². The van der Waals surface area contributed by atoms with Crippen molar-refractivity contribution in [3.05, 3.63) is 21.6 Å². The van der Waals surface area contributed by atoms with Gasteiger partial charge in [0, 0.05) is 25.7 Å². The Kier molecular flexibility index (Phi) is 7.18. The Bertz CT molecular complexity index is 501. The maximum absolute atomic E-state index is 12.1. The van der Waals surface area contributed by atoms with Crippen LogP contribution in [-0.4, -0.2) is 40.9 Å². The van der Waals surface area contributed by atoms with Crippen molar-refractivity contribution in [2.24, 2.45) is 5.92 Å². The number of halogens is 1. The maximum Gasteiger partial charge on any atom is 0.287 e. The number of nitrogens with one attached hydrogen (secondary N) is 1. The van der Waals surface area contributed by atoms with Gasteiger partial charge in [-0.15, -0.1) is 0 Å². The highest BCUT2D eigenvalue weighted by atomic mass is 35.5. The molecule has 0 fully saturated rings. The minimum absolute atomic E-state index is 0.219. The molecule has 0 bridgehead atoms. The molecule has 1 rings (SSSR count). The molecule has 1 aromatic rings. The van der Waals surface area contributed by atoms with E-state index in [1.54, 1.807) is 6.20 Å². The fraction of sp³-hybridized carbons (Fsp3) is 0.733. The lowest BCUT2D eigenvalue weighted by molar-refractivity contribution is 0.261. The van der Waals surface area contributed by atoms with Crippen LogP contribution in [0.2, 0.25) is 5.02 Å². The van der Waals surface area contributed by atoms with E-state index in [1.165, 1.54) is 4.68 Å². The maximum atomic E-state index is 12.1. The average molecular weight is 315 g/mol. The molecular formula is C15H27ClN4O. The number of hydrogen-bond acceptors (Lipinski definition) is 4. The Morgan fingerprint density at radius 3 is 2.67 bits per heavy atom. The molecule has 0 radical (unpaired) electrons. The van der Waals surface area contributed by atoms with Crippen molar-refractivity contribution in [2.45, 2.75) is 46.7 Å². The molecule has 0 aliphatic rings. The molecule has 0 aromatic carbocycles. The van der Waals surface area contributed by atoms with Gasteiger partial charge in [-0.25, -0.2) is 4.68 Å². The van der Waals surface area contributed by atoms with Crippen molar-refractivity contribution in [1.82, 2.24) is 14.7 Å². The van der Waals surface area contributed by atoms with Gasteiger partial charge in [-0.2, -0.15) is 5.10 Å². The van der Waals surface area contributed by atoms with Crippen molar-refractivity contribution < 1.29 is 0 Å². The first kappa shape index (κ1) is 18.0. The predicted octanol–water partition coefficient (Wildman–Crippen LogP) is 2.69. The molecule has 1 atom stereocenters. The largest absolute Gasteiger partial charge is 0.381 e. The van der Waals surface area contributed by atoms with Crippen molar-refractivity contribution in [3.8, 4) is 0 Å². The third-order valence-electron chi connectivity index (χ3n) is 3.65. The minimum Gasteiger partial charge on any atom is -0.381 e. The van der Waals surface area contributed by atoms with Gasteiger partial charge in [0.25, 0.3) is 5.56 Å². The van der Waals surface area contributed by atoms with Crippen LogP contribution in [0.1, 0.15) is 34.1 Å². The SMILES string of the molecule is CCC(C)N(C)CCNc1cnn(CC(C)C)c(=O)c1Cl. The van der Waals surface area contributed by atoms with Gasteiger partial charge < -0.3 is 10.2 Å². The monoisotopic (exact) mass is 314 g/mol. The third kappa shape index (κ3) is 5.32. The highest BCUT2D eigenvalue weighted by molar-refractivity contribution is 6.32. The molecule has 0 spiro atoms. The second-order valence-corrected chi connectivity index (χ2v) is 6.30. The van der Waals surface area contributed by atoms with Gasteiger partial charge in [-0.3, -0.25) is 4.79 Å². The fourth-order valence-corrected chi connectivity index (χ4v) is 2.18. The normalized spacial score (nSPS) is 13.0. The first-order valence-electron chi connectivity index (χ1n) is 7.56. The lowest BCUT2D eigenvalue weighted by Crippen LogP contribution is -2.33. The molecule has 21 heavy (non-hydrogen) atoms. The van der Waals surface area contributed by atoms with Crippen molar-refractivity contribution >= 4 is 17.3 Å². The molecule has 5 nitrogen and oxygen atoms in total. The zero-order valence-corrected chi connectivity index (χ0v) is 14.4. The number of anilines is 1. The van der Waals surface area contributed by atoms with Crippen LogP contribution < -0.4 is 10.9 Å². The topological polar surface area (TPSA) is 50.2 Å². The van der Waals surface area contributed by atoms with Crippen molar-refractivity contribution in [1.29, 1.82) is 0 Å². The number of likely N-dealkylation sites (N-methyl/N-ethyl adjacent to an activating group) is 1. The molecule has 0 saturated heterocycles. The van der Waals surface area contributed by atoms with Gasteiger partial charge in [0.15, 0.2) is 0 Å². The highest BCUT2D eigenvalue weighted by Gasteiger charge is 2.11. The van der Waals surface area contributed by atoms with Crippen molar-refractivity contribution in [2.75, 3.05) is 25.5 Å². The Balaban J connectivity index is 2.65. The summed E-state index contributed by atoms with van der Waals surface area (Å²) in [6, 6.07) is 0.541. The summed E-state index contributed by atoms with van der Waals surface area (Å²) in [6.07, 6.45) is 2.75. The summed E-state index contributed by atoms with van der Waals surface area (Å²) in [7, 11) is 2.09. The van der Waals surface area contributed by atoms with E-state index in [-0.39, 0.29) is 10.6 Å². The number of hydrogen-bond donors (Lipinski definition) is 1. The predicted molar refractivity (Wildman–Crippen MR) is 89.2 cm³/mol. The molecule has 1 heterocycles. The average Bonchev–Trinajstić information content (AvgIpc) is 2.44. The van der Waals surface area contributed by atoms with Gasteiger partial charge in [-0.1, -0.05) is 32.4 Å². The summed E-state index contributed by atoms with van der Waals surface area (Å²) in [5.74, 6) is 0.356. The van der Waals surface area contributed by atoms with Gasteiger partial charge in [0.05, 0.1) is 11.9 Å². The summed E-state index contributed by atoms with van der Waals surface area (Å²) in [4.78, 5) is 14.4. The highest BCUT2D eigenvalue weighted by Crippen LogP contribution is 2.15. The van der Waals surface area contributed by atoms with Gasteiger partial charge in [0.1, 0.15) is 5.02 Å². The van der Waals surface area contributed by atoms with E-state index in [0.717, 1.165) is 19.5 Å². The Morgan fingerprint density at radius 2 is 2.10 bits per heavy atom. The molecule has 1 unspecified atom stereocenters. The van der Waals surface area contributed by atoms with Crippen LogP contribution in [0.15, 0.2) is 11.0 Å². The van der Waals surface area contributed by atoms with Gasteiger partial charge >= 0.3 is 0 Å². The van der Waals surface area contributed by atoms with E-state index in [9.17, 15) is 4.79 Å². The number of nitrogens with zero attached hydrogens (tertiary/aromatic N) is 3. The molecule has 1 aromatic heterocycles. The first-order chi connectivity index (χ1) is 9.86. The molecule has 6 heteroatoms. The van der Waals surface area contributed by atoms with Crippen LogP contribution in [0.25, 0.3) is 0 Å². The molecule has 120 valence electrons. The first-order valence-corrected chi connectivity index (χ1v) is 7.94. The summed E-state index contributed by atoms with van der Waals surface area (Å²) < 4.78 is 1.42. The molecule has 0 saturated carbocycles. The van der Waals surface area contributed by atoms with Crippen LogP contribution in [0, 0.1) is 5.92 Å². The number of rotatable bonds is 8. The fourth-order valence-electron chi connectivity index (χ4n) is 1.96. The minimum atomic E-state index is -0.231. The number of aromatic nitrogens is 2. The summed E-state index contributed by atoms with van der Waals surface area (Å²) in [6.45, 7) is 10.6. The zero-order valence-electron chi connectivity index (χ0n) is 13.7. The Hall–Kier alpha value is -1.07. The molecule has 0 amide bonds. The van der Waals surface area contributed by atoms with E-state index >= 15 is 0 Å². The molecular weight excluding hydrogens is 288 g/mol. The van der Waals surface area contributed by atoms with E-state index in [2.05, 4.69) is 36.2 Å². The summed E-state index contributed by atoms with van der Waals surface area (Å²) in [5.41, 5.74) is 0.380. The van der Waals surface area contributed by atoms with E-state index in [4.69, 9.17) is 11.6 Å². The summed E-state index contributed by atoms with van der Waals surface area (Å²) >= 11 is 6.14. The lowest BCUT2D eigenvalue weighted by atomic mass is 10.2. The van der Waals surface area contributed by atoms with E-state index in [1.807, 2.05) is 13.8 Å². The van der Waals surface area contributed by atoms with E-state index < -0.39 is 0 Å². The van der Waals surface area contributed by atoms with Gasteiger partial charge in [-0.05, 0) is 26.3 Å². The third-order valence-corrected chi connectivity index (χ3v) is 4.01. The second-order valence-electron chi connectivity index (χ2n) is 5.92. The summed E-state index contributed by atoms with van der Waals surface area (Å²) in [5, 5.41) is 7.59. The molecule has 0 aliphatic carbocycles. The van der Waals surface area contributed by atoms with Crippen LogP contribution in [0.4, 0.5) is 5.69 Å². The van der Waals surface area contributed by atoms with Crippen LogP contribution in [-0.2, 0) is 6.54 Å². The Labute approximate surface area is 132 Å². The standard InChI is InChI=1S/C15H27ClN4O/c1-6-12(4)19(5)8-7-17-13-9-18-20(10-11(2)3)15(21)14(13)16/h9,11-12,17H,6-8,10H2,1-5H3. The molecule has 0 aliphatic heterocycles. The smallest absolute Gasteiger partial charge is 0.287 e.